The van der Waals surface area contributed by atoms with Crippen LogP contribution in [-0.4, -0.2) is 33.0 Å². The van der Waals surface area contributed by atoms with Gasteiger partial charge < -0.3 is 5.32 Å². The number of rotatable bonds is 3. The maximum Gasteiger partial charge on any atom is 0.150 e. The van der Waals surface area contributed by atoms with Crippen molar-refractivity contribution in [3.8, 4) is 0 Å². The molecule has 1 N–H and O–H groups in total. The average Bonchev–Trinajstić information content (AvgIpc) is 2.63. The fraction of sp³-hybridized carbons (Fsp3) is 0.571. The number of sulfone groups is 1. The van der Waals surface area contributed by atoms with Crippen LogP contribution in [0.1, 0.15) is 12.0 Å². The van der Waals surface area contributed by atoms with Gasteiger partial charge in [0, 0.05) is 24.6 Å². The van der Waals surface area contributed by atoms with Crippen LogP contribution in [-0.2, 0) is 16.3 Å². The van der Waals surface area contributed by atoms with Crippen molar-refractivity contribution in [3.05, 3.63) is 35.4 Å². The van der Waals surface area contributed by atoms with E-state index >= 15 is 0 Å². The molecule has 0 saturated carbocycles. The summed E-state index contributed by atoms with van der Waals surface area (Å²) in [6.45, 7) is 1.43. The Morgan fingerprint density at radius 3 is 2.30 bits per heavy atom. The molecule has 1 unspecified atom stereocenters. The van der Waals surface area contributed by atoms with Gasteiger partial charge in [-0.3, -0.25) is 0 Å². The summed E-state index contributed by atoms with van der Waals surface area (Å²) in [6.07, 6.45) is 1.18. The van der Waals surface area contributed by atoms with E-state index in [1.807, 2.05) is 0 Å². The fourth-order valence-electron chi connectivity index (χ4n) is 3.40. The maximum absolute atomic E-state index is 13.3. The third-order valence-corrected chi connectivity index (χ3v) is 6.30. The molecule has 2 saturated heterocycles. The first-order valence-electron chi connectivity index (χ1n) is 6.75. The second-order valence-electron chi connectivity index (χ2n) is 6.02. The molecule has 2 heterocycles. The molecular weight excluding hydrogens is 284 g/mol. The van der Waals surface area contributed by atoms with Crippen molar-refractivity contribution in [1.29, 1.82) is 0 Å². The average molecular weight is 301 g/mol. The molecule has 110 valence electrons. The highest BCUT2D eigenvalue weighted by molar-refractivity contribution is 7.91. The van der Waals surface area contributed by atoms with Gasteiger partial charge in [-0.25, -0.2) is 17.2 Å². The van der Waals surface area contributed by atoms with Gasteiger partial charge in [0.15, 0.2) is 9.84 Å². The molecule has 6 heteroatoms. The van der Waals surface area contributed by atoms with Gasteiger partial charge in [0.1, 0.15) is 11.6 Å². The molecule has 1 atom stereocenters. The molecule has 0 aliphatic carbocycles. The van der Waals surface area contributed by atoms with Crippen LogP contribution >= 0.6 is 0 Å². The zero-order valence-electron chi connectivity index (χ0n) is 11.0. The van der Waals surface area contributed by atoms with Crippen molar-refractivity contribution >= 4 is 9.84 Å². The molecular formula is C14H17F2NO2S. The lowest BCUT2D eigenvalue weighted by atomic mass is 9.67. The van der Waals surface area contributed by atoms with Crippen LogP contribution in [0.2, 0.25) is 0 Å². The third kappa shape index (κ3) is 2.59. The molecule has 2 fully saturated rings. The smallest absolute Gasteiger partial charge is 0.150 e. The molecule has 20 heavy (non-hydrogen) atoms. The molecule has 0 bridgehead atoms. The minimum Gasteiger partial charge on any atom is -0.315 e. The lowest BCUT2D eigenvalue weighted by Gasteiger charge is -2.47. The lowest BCUT2D eigenvalue weighted by Crippen LogP contribution is -2.59. The van der Waals surface area contributed by atoms with Crippen molar-refractivity contribution in [2.45, 2.75) is 12.8 Å². The largest absolute Gasteiger partial charge is 0.315 e. The summed E-state index contributed by atoms with van der Waals surface area (Å²) in [5.74, 6) is -0.647. The SMILES string of the molecule is O=S1(=O)CCC(C2(Cc3cc(F)cc(F)c3)CNC2)C1. The summed E-state index contributed by atoms with van der Waals surface area (Å²) < 4.78 is 49.8. The number of benzene rings is 1. The van der Waals surface area contributed by atoms with Crippen molar-refractivity contribution in [1.82, 2.24) is 5.32 Å². The molecule has 0 amide bonds. The predicted molar refractivity (Wildman–Crippen MR) is 72.1 cm³/mol. The molecule has 3 rings (SSSR count). The van der Waals surface area contributed by atoms with Gasteiger partial charge in [0.05, 0.1) is 11.5 Å². The van der Waals surface area contributed by atoms with Gasteiger partial charge >= 0.3 is 0 Å². The number of hydrogen-bond donors (Lipinski definition) is 1. The summed E-state index contributed by atoms with van der Waals surface area (Å²) >= 11 is 0. The van der Waals surface area contributed by atoms with Crippen LogP contribution in [0.5, 0.6) is 0 Å². The maximum atomic E-state index is 13.3. The van der Waals surface area contributed by atoms with E-state index in [4.69, 9.17) is 0 Å². The van der Waals surface area contributed by atoms with Crippen molar-refractivity contribution in [3.63, 3.8) is 0 Å². The van der Waals surface area contributed by atoms with Gasteiger partial charge in [0.2, 0.25) is 0 Å². The monoisotopic (exact) mass is 301 g/mol. The standard InChI is InChI=1S/C14H17F2NO2S/c15-12-3-10(4-13(16)5-12)6-14(8-17-9-14)11-1-2-20(18,19)7-11/h3-5,11,17H,1-2,6-9H2. The molecule has 0 spiro atoms. The van der Waals surface area contributed by atoms with E-state index in [0.717, 1.165) is 6.07 Å². The van der Waals surface area contributed by atoms with Crippen molar-refractivity contribution < 1.29 is 17.2 Å². The van der Waals surface area contributed by atoms with Gasteiger partial charge in [-0.2, -0.15) is 0 Å². The zero-order chi connectivity index (χ0) is 14.4. The van der Waals surface area contributed by atoms with Crippen molar-refractivity contribution in [2.75, 3.05) is 24.6 Å². The highest BCUT2D eigenvalue weighted by Gasteiger charge is 2.48. The van der Waals surface area contributed by atoms with Gasteiger partial charge in [-0.15, -0.1) is 0 Å². The van der Waals surface area contributed by atoms with Crippen LogP contribution in [0.4, 0.5) is 8.78 Å². The molecule has 0 radical (unpaired) electrons. The van der Waals surface area contributed by atoms with E-state index < -0.39 is 21.5 Å². The Bertz CT molecular complexity index is 606. The Balaban J connectivity index is 1.83. The van der Waals surface area contributed by atoms with Crippen LogP contribution in [0.25, 0.3) is 0 Å². The van der Waals surface area contributed by atoms with E-state index in [0.29, 0.717) is 31.5 Å². The topological polar surface area (TPSA) is 46.2 Å². The first-order chi connectivity index (χ1) is 9.39. The Morgan fingerprint density at radius 1 is 1.20 bits per heavy atom. The van der Waals surface area contributed by atoms with E-state index in [1.54, 1.807) is 0 Å². The summed E-state index contributed by atoms with van der Waals surface area (Å²) in [5, 5.41) is 3.17. The Kier molecular flexibility index (Phi) is 3.33. The second kappa shape index (κ2) is 4.77. The van der Waals surface area contributed by atoms with Gasteiger partial charge in [-0.1, -0.05) is 0 Å². The highest BCUT2D eigenvalue weighted by atomic mass is 32.2. The normalized spacial score (nSPS) is 27.2. The first-order valence-corrected chi connectivity index (χ1v) is 8.57. The lowest BCUT2D eigenvalue weighted by molar-refractivity contribution is 0.0923. The van der Waals surface area contributed by atoms with Crippen molar-refractivity contribution in [2.24, 2.45) is 11.3 Å². The summed E-state index contributed by atoms with van der Waals surface area (Å²) in [7, 11) is -2.94. The van der Waals surface area contributed by atoms with E-state index in [2.05, 4.69) is 5.32 Å². The van der Waals surface area contributed by atoms with Gasteiger partial charge in [-0.05, 0) is 36.5 Å². The summed E-state index contributed by atoms with van der Waals surface area (Å²) in [6, 6.07) is 3.54. The second-order valence-corrected chi connectivity index (χ2v) is 8.25. The third-order valence-electron chi connectivity index (χ3n) is 4.53. The van der Waals surface area contributed by atoms with Crippen LogP contribution in [0.3, 0.4) is 0 Å². The van der Waals surface area contributed by atoms with Gasteiger partial charge in [0.25, 0.3) is 0 Å². The Hall–Kier alpha value is -1.01. The van der Waals surface area contributed by atoms with E-state index in [9.17, 15) is 17.2 Å². The van der Waals surface area contributed by atoms with E-state index in [1.165, 1.54) is 12.1 Å². The van der Waals surface area contributed by atoms with Crippen LogP contribution < -0.4 is 5.32 Å². The number of halogens is 2. The quantitative estimate of drug-likeness (QED) is 0.921. The highest BCUT2D eigenvalue weighted by Crippen LogP contribution is 2.42. The number of hydrogen-bond acceptors (Lipinski definition) is 3. The summed E-state index contributed by atoms with van der Waals surface area (Å²) in [5.41, 5.74) is 0.428. The molecule has 3 nitrogen and oxygen atoms in total. The summed E-state index contributed by atoms with van der Waals surface area (Å²) in [4.78, 5) is 0. The zero-order valence-corrected chi connectivity index (χ0v) is 11.8. The first kappa shape index (κ1) is 13.9. The Labute approximate surface area is 117 Å². The number of nitrogens with one attached hydrogen (secondary N) is 1. The molecule has 2 aliphatic rings. The molecule has 0 aromatic heterocycles. The molecule has 1 aromatic carbocycles. The fourth-order valence-corrected chi connectivity index (χ4v) is 5.35. The molecule has 2 aliphatic heterocycles. The minimum absolute atomic E-state index is 0.0834. The van der Waals surface area contributed by atoms with Crippen LogP contribution in [0.15, 0.2) is 18.2 Å². The van der Waals surface area contributed by atoms with Crippen LogP contribution in [0, 0.1) is 23.0 Å². The predicted octanol–water partition coefficient (Wildman–Crippen LogP) is 1.53. The Morgan fingerprint density at radius 2 is 1.85 bits per heavy atom. The molecule has 1 aromatic rings. The minimum atomic E-state index is -2.94. The van der Waals surface area contributed by atoms with E-state index in [-0.39, 0.29) is 22.8 Å².